The third-order valence-electron chi connectivity index (χ3n) is 4.03. The molecule has 1 aliphatic rings. The molecule has 1 N–H and O–H groups in total. The van der Waals surface area contributed by atoms with Crippen LogP contribution in [0.5, 0.6) is 0 Å². The molecule has 2 unspecified atom stereocenters. The molecule has 1 aromatic carbocycles. The minimum Gasteiger partial charge on any atom is -0.313 e. The van der Waals surface area contributed by atoms with Gasteiger partial charge in [-0.25, -0.2) is 4.39 Å². The first-order valence-electron chi connectivity index (χ1n) is 7.40. The SMILES string of the molecule is CCCNC1CCCCCC1c1ccc(Cl)cc1F. The lowest BCUT2D eigenvalue weighted by molar-refractivity contribution is 0.400. The summed E-state index contributed by atoms with van der Waals surface area (Å²) in [6.45, 7) is 3.18. The van der Waals surface area contributed by atoms with Crippen molar-refractivity contribution in [3.8, 4) is 0 Å². The van der Waals surface area contributed by atoms with Crippen LogP contribution in [-0.4, -0.2) is 12.6 Å². The van der Waals surface area contributed by atoms with Crippen LogP contribution >= 0.6 is 11.6 Å². The molecule has 2 atom stereocenters. The number of hydrogen-bond acceptors (Lipinski definition) is 1. The molecule has 0 bridgehead atoms. The predicted octanol–water partition coefficient (Wildman–Crippen LogP) is 4.90. The molecule has 1 aromatic rings. The molecule has 0 saturated heterocycles. The van der Waals surface area contributed by atoms with E-state index in [1.807, 2.05) is 12.1 Å². The van der Waals surface area contributed by atoms with Crippen molar-refractivity contribution >= 4 is 11.6 Å². The normalized spacial score (nSPS) is 24.2. The second kappa shape index (κ2) is 7.25. The highest BCUT2D eigenvalue weighted by molar-refractivity contribution is 6.30. The summed E-state index contributed by atoms with van der Waals surface area (Å²) in [5.41, 5.74) is 0.833. The van der Waals surface area contributed by atoms with E-state index >= 15 is 0 Å². The van der Waals surface area contributed by atoms with Gasteiger partial charge in [-0.15, -0.1) is 0 Å². The van der Waals surface area contributed by atoms with E-state index in [9.17, 15) is 4.39 Å². The molecule has 0 amide bonds. The fourth-order valence-corrected chi connectivity index (χ4v) is 3.21. The minimum absolute atomic E-state index is 0.150. The zero-order valence-electron chi connectivity index (χ0n) is 11.6. The number of benzene rings is 1. The maximum Gasteiger partial charge on any atom is 0.128 e. The molecule has 0 heterocycles. The summed E-state index contributed by atoms with van der Waals surface area (Å²) >= 11 is 5.85. The molecular formula is C16H23ClFN. The summed E-state index contributed by atoms with van der Waals surface area (Å²) in [5.74, 6) is 0.133. The second-order valence-corrected chi connectivity index (χ2v) is 5.91. The number of nitrogens with one attached hydrogen (secondary N) is 1. The predicted molar refractivity (Wildman–Crippen MR) is 79.3 cm³/mol. The lowest BCUT2D eigenvalue weighted by Crippen LogP contribution is -2.35. The Bertz CT molecular complexity index is 408. The van der Waals surface area contributed by atoms with Gasteiger partial charge < -0.3 is 5.32 Å². The zero-order chi connectivity index (χ0) is 13.7. The Kier molecular flexibility index (Phi) is 5.65. The van der Waals surface area contributed by atoms with Crippen molar-refractivity contribution in [3.63, 3.8) is 0 Å². The molecule has 106 valence electrons. The monoisotopic (exact) mass is 283 g/mol. The Morgan fingerprint density at radius 3 is 2.79 bits per heavy atom. The summed E-state index contributed by atoms with van der Waals surface area (Å²) in [7, 11) is 0. The van der Waals surface area contributed by atoms with Crippen LogP contribution in [0, 0.1) is 5.82 Å². The van der Waals surface area contributed by atoms with Gasteiger partial charge in [0.25, 0.3) is 0 Å². The van der Waals surface area contributed by atoms with Crippen molar-refractivity contribution in [3.05, 3.63) is 34.6 Å². The lowest BCUT2D eigenvalue weighted by atomic mass is 9.87. The van der Waals surface area contributed by atoms with Gasteiger partial charge in [-0.1, -0.05) is 43.9 Å². The average Bonchev–Trinajstić information content (AvgIpc) is 2.62. The highest BCUT2D eigenvalue weighted by Crippen LogP contribution is 2.34. The summed E-state index contributed by atoms with van der Waals surface area (Å²) in [6.07, 6.45) is 7.03. The molecule has 0 spiro atoms. The van der Waals surface area contributed by atoms with Gasteiger partial charge in [0.1, 0.15) is 5.82 Å². The van der Waals surface area contributed by atoms with E-state index in [0.717, 1.165) is 31.4 Å². The van der Waals surface area contributed by atoms with Crippen LogP contribution in [0.25, 0.3) is 0 Å². The number of halogens is 2. The van der Waals surface area contributed by atoms with Gasteiger partial charge in [-0.3, -0.25) is 0 Å². The quantitative estimate of drug-likeness (QED) is 0.776. The van der Waals surface area contributed by atoms with Gasteiger partial charge in [0.05, 0.1) is 0 Å². The van der Waals surface area contributed by atoms with Crippen molar-refractivity contribution in [1.29, 1.82) is 0 Å². The molecule has 1 saturated carbocycles. The van der Waals surface area contributed by atoms with Crippen molar-refractivity contribution in [2.45, 2.75) is 57.4 Å². The van der Waals surface area contributed by atoms with Crippen molar-refractivity contribution < 1.29 is 4.39 Å². The van der Waals surface area contributed by atoms with Crippen LogP contribution in [0.15, 0.2) is 18.2 Å². The van der Waals surface area contributed by atoms with Crippen LogP contribution < -0.4 is 5.32 Å². The summed E-state index contributed by atoms with van der Waals surface area (Å²) in [6, 6.07) is 5.52. The molecule has 0 aliphatic heterocycles. The van der Waals surface area contributed by atoms with Gasteiger partial charge >= 0.3 is 0 Å². The van der Waals surface area contributed by atoms with E-state index in [1.165, 1.54) is 25.3 Å². The highest BCUT2D eigenvalue weighted by Gasteiger charge is 2.26. The van der Waals surface area contributed by atoms with E-state index in [4.69, 9.17) is 11.6 Å². The van der Waals surface area contributed by atoms with Crippen LogP contribution in [0.2, 0.25) is 5.02 Å². The third kappa shape index (κ3) is 3.93. The zero-order valence-corrected chi connectivity index (χ0v) is 12.3. The minimum atomic E-state index is -0.150. The summed E-state index contributed by atoms with van der Waals surface area (Å²) in [5, 5.41) is 4.08. The van der Waals surface area contributed by atoms with Crippen molar-refractivity contribution in [2.24, 2.45) is 0 Å². The molecule has 19 heavy (non-hydrogen) atoms. The van der Waals surface area contributed by atoms with E-state index in [0.29, 0.717) is 11.1 Å². The van der Waals surface area contributed by atoms with Gasteiger partial charge in [0.2, 0.25) is 0 Å². The third-order valence-corrected chi connectivity index (χ3v) is 4.27. The van der Waals surface area contributed by atoms with Crippen LogP contribution in [-0.2, 0) is 0 Å². The smallest absolute Gasteiger partial charge is 0.128 e. The molecule has 1 aliphatic carbocycles. The lowest BCUT2D eigenvalue weighted by Gasteiger charge is -2.27. The second-order valence-electron chi connectivity index (χ2n) is 5.47. The first kappa shape index (κ1) is 14.8. The van der Waals surface area contributed by atoms with E-state index in [2.05, 4.69) is 12.2 Å². The first-order valence-corrected chi connectivity index (χ1v) is 7.78. The highest BCUT2D eigenvalue weighted by atomic mass is 35.5. The Labute approximate surface area is 120 Å². The maximum atomic E-state index is 14.2. The maximum absolute atomic E-state index is 14.2. The van der Waals surface area contributed by atoms with Crippen LogP contribution in [0.1, 0.15) is 56.9 Å². The topological polar surface area (TPSA) is 12.0 Å². The fourth-order valence-electron chi connectivity index (χ4n) is 3.06. The summed E-state index contributed by atoms with van der Waals surface area (Å²) in [4.78, 5) is 0. The molecular weight excluding hydrogens is 261 g/mol. The molecule has 1 fully saturated rings. The molecule has 3 heteroatoms. The van der Waals surface area contributed by atoms with Gasteiger partial charge in [-0.2, -0.15) is 0 Å². The molecule has 0 aromatic heterocycles. The Morgan fingerprint density at radius 2 is 2.05 bits per heavy atom. The standard InChI is InChI=1S/C16H23ClFN/c1-2-10-19-16-7-5-3-4-6-14(16)13-9-8-12(17)11-15(13)18/h8-9,11,14,16,19H,2-7,10H2,1H3. The fraction of sp³-hybridized carbons (Fsp3) is 0.625. The van der Waals surface area contributed by atoms with E-state index in [1.54, 1.807) is 0 Å². The number of hydrogen-bond donors (Lipinski definition) is 1. The van der Waals surface area contributed by atoms with Gasteiger partial charge in [0, 0.05) is 17.0 Å². The van der Waals surface area contributed by atoms with Gasteiger partial charge in [-0.05, 0) is 43.5 Å². The first-order chi connectivity index (χ1) is 9.22. The largest absolute Gasteiger partial charge is 0.313 e. The Morgan fingerprint density at radius 1 is 1.26 bits per heavy atom. The van der Waals surface area contributed by atoms with E-state index < -0.39 is 0 Å². The van der Waals surface area contributed by atoms with Crippen molar-refractivity contribution in [2.75, 3.05) is 6.54 Å². The van der Waals surface area contributed by atoms with Crippen LogP contribution in [0.3, 0.4) is 0 Å². The molecule has 1 nitrogen and oxygen atoms in total. The Balaban J connectivity index is 2.20. The van der Waals surface area contributed by atoms with Crippen molar-refractivity contribution in [1.82, 2.24) is 5.32 Å². The van der Waals surface area contributed by atoms with E-state index in [-0.39, 0.29) is 11.7 Å². The summed E-state index contributed by atoms with van der Waals surface area (Å²) < 4.78 is 14.2. The molecule has 2 rings (SSSR count). The Hall–Kier alpha value is -0.600. The molecule has 0 radical (unpaired) electrons. The average molecular weight is 284 g/mol. The van der Waals surface area contributed by atoms with Crippen LogP contribution in [0.4, 0.5) is 4.39 Å². The van der Waals surface area contributed by atoms with Gasteiger partial charge in [0.15, 0.2) is 0 Å². The number of rotatable bonds is 4.